The zero-order chi connectivity index (χ0) is 13.3. The molecule has 0 aliphatic carbocycles. The van der Waals surface area contributed by atoms with Crippen LogP contribution in [0.3, 0.4) is 0 Å². The molecular weight excluding hydrogens is 220 g/mol. The molecule has 0 radical (unpaired) electrons. The predicted octanol–water partition coefficient (Wildman–Crippen LogP) is 0.265. The van der Waals surface area contributed by atoms with Gasteiger partial charge in [0.15, 0.2) is 0 Å². The van der Waals surface area contributed by atoms with Crippen molar-refractivity contribution in [3.05, 3.63) is 0 Å². The molecule has 4 N–H and O–H groups in total. The first-order valence-corrected chi connectivity index (χ1v) is 6.05. The Balaban J connectivity index is 3.89. The fraction of sp³-hybridized carbons (Fsp3) is 0.917. The van der Waals surface area contributed by atoms with E-state index in [2.05, 4.69) is 19.2 Å². The average Bonchev–Trinajstić information content (AvgIpc) is 2.31. The molecule has 0 saturated carbocycles. The Morgan fingerprint density at radius 1 is 1.53 bits per heavy atom. The molecule has 0 aromatic carbocycles. The molecule has 1 unspecified atom stereocenters. The largest absolute Gasteiger partial charge is 0.396 e. The van der Waals surface area contributed by atoms with Gasteiger partial charge in [-0.05, 0) is 18.3 Å². The lowest BCUT2D eigenvalue weighted by atomic mass is 9.88. The van der Waals surface area contributed by atoms with Crippen LogP contribution in [0.25, 0.3) is 0 Å². The third-order valence-electron chi connectivity index (χ3n) is 2.79. The van der Waals surface area contributed by atoms with Gasteiger partial charge in [0.2, 0.25) is 5.91 Å². The second-order valence-corrected chi connectivity index (χ2v) is 5.07. The summed E-state index contributed by atoms with van der Waals surface area (Å²) in [5.41, 5.74) is 5.45. The molecule has 17 heavy (non-hydrogen) atoms. The van der Waals surface area contributed by atoms with E-state index >= 15 is 0 Å². The Bertz CT molecular complexity index is 216. The number of nitrogens with two attached hydrogens (primary N) is 1. The Hall–Kier alpha value is -0.650. The third-order valence-corrected chi connectivity index (χ3v) is 2.79. The lowest BCUT2D eigenvalue weighted by Crippen LogP contribution is -2.37. The Labute approximate surface area is 104 Å². The average molecular weight is 246 g/mol. The van der Waals surface area contributed by atoms with Crippen LogP contribution >= 0.6 is 0 Å². The molecule has 0 rings (SSSR count). The predicted molar refractivity (Wildman–Crippen MR) is 67.6 cm³/mol. The van der Waals surface area contributed by atoms with Gasteiger partial charge in [-0.15, -0.1) is 0 Å². The van der Waals surface area contributed by atoms with E-state index in [-0.39, 0.29) is 24.0 Å². The Morgan fingerprint density at radius 2 is 2.18 bits per heavy atom. The topological polar surface area (TPSA) is 84.6 Å². The third kappa shape index (κ3) is 8.12. The highest BCUT2D eigenvalue weighted by atomic mass is 16.5. The van der Waals surface area contributed by atoms with Crippen LogP contribution in [0.5, 0.6) is 0 Å². The standard InChI is InChI=1S/C12H26N2O3/c1-12(2,5-4-6-15)9-14-11(16)7-10(8-13)17-3/h10,15H,4-9,13H2,1-3H3,(H,14,16). The summed E-state index contributed by atoms with van der Waals surface area (Å²) in [6.45, 7) is 5.28. The van der Waals surface area contributed by atoms with Gasteiger partial charge < -0.3 is 20.9 Å². The number of ether oxygens (including phenoxy) is 1. The van der Waals surface area contributed by atoms with Gasteiger partial charge in [0, 0.05) is 26.8 Å². The zero-order valence-corrected chi connectivity index (χ0v) is 11.2. The van der Waals surface area contributed by atoms with E-state index in [0.717, 1.165) is 12.8 Å². The Kier molecular flexibility index (Phi) is 8.12. The number of carbonyl (C=O) groups is 1. The van der Waals surface area contributed by atoms with Gasteiger partial charge in [-0.2, -0.15) is 0 Å². The minimum absolute atomic E-state index is 0.00364. The van der Waals surface area contributed by atoms with E-state index in [1.807, 2.05) is 0 Å². The molecule has 1 atom stereocenters. The van der Waals surface area contributed by atoms with E-state index in [0.29, 0.717) is 19.5 Å². The van der Waals surface area contributed by atoms with Crippen LogP contribution in [0.4, 0.5) is 0 Å². The smallest absolute Gasteiger partial charge is 0.222 e. The summed E-state index contributed by atoms with van der Waals surface area (Å²) in [6, 6.07) is 0. The fourth-order valence-electron chi connectivity index (χ4n) is 1.53. The SMILES string of the molecule is COC(CN)CC(=O)NCC(C)(C)CCCO. The summed E-state index contributed by atoms with van der Waals surface area (Å²) in [6.07, 6.45) is 1.72. The fourth-order valence-corrected chi connectivity index (χ4v) is 1.53. The second kappa shape index (κ2) is 8.44. The van der Waals surface area contributed by atoms with Crippen molar-refractivity contribution in [2.45, 2.75) is 39.2 Å². The van der Waals surface area contributed by atoms with E-state index in [1.165, 1.54) is 0 Å². The van der Waals surface area contributed by atoms with Crippen molar-refractivity contribution >= 4 is 5.91 Å². The summed E-state index contributed by atoms with van der Waals surface area (Å²) in [4.78, 5) is 11.6. The van der Waals surface area contributed by atoms with Crippen molar-refractivity contribution in [3.8, 4) is 0 Å². The molecule has 5 nitrogen and oxygen atoms in total. The van der Waals surface area contributed by atoms with E-state index in [9.17, 15) is 4.79 Å². The maximum absolute atomic E-state index is 11.6. The summed E-state index contributed by atoms with van der Waals surface area (Å²) < 4.78 is 5.05. The molecule has 0 aliphatic heterocycles. The summed E-state index contributed by atoms with van der Waals surface area (Å²) in [5.74, 6) is -0.0422. The second-order valence-electron chi connectivity index (χ2n) is 5.07. The molecule has 0 saturated heterocycles. The molecule has 1 amide bonds. The van der Waals surface area contributed by atoms with Crippen LogP contribution in [0, 0.1) is 5.41 Å². The summed E-state index contributed by atoms with van der Waals surface area (Å²) >= 11 is 0. The van der Waals surface area contributed by atoms with Crippen molar-refractivity contribution < 1.29 is 14.6 Å². The summed E-state index contributed by atoms with van der Waals surface area (Å²) in [7, 11) is 1.55. The normalized spacial score (nSPS) is 13.5. The number of nitrogens with one attached hydrogen (secondary N) is 1. The van der Waals surface area contributed by atoms with Crippen LogP contribution in [0.2, 0.25) is 0 Å². The molecule has 0 bridgehead atoms. The zero-order valence-electron chi connectivity index (χ0n) is 11.2. The van der Waals surface area contributed by atoms with E-state index < -0.39 is 0 Å². The van der Waals surface area contributed by atoms with Crippen molar-refractivity contribution in [2.75, 3.05) is 26.8 Å². The Morgan fingerprint density at radius 3 is 2.65 bits per heavy atom. The van der Waals surface area contributed by atoms with Gasteiger partial charge in [-0.1, -0.05) is 13.8 Å². The number of methoxy groups -OCH3 is 1. The van der Waals surface area contributed by atoms with Crippen LogP contribution < -0.4 is 11.1 Å². The number of rotatable bonds is 9. The first kappa shape index (κ1) is 16.4. The molecule has 0 aliphatic rings. The van der Waals surface area contributed by atoms with Crippen molar-refractivity contribution in [3.63, 3.8) is 0 Å². The molecule has 0 aromatic heterocycles. The van der Waals surface area contributed by atoms with Crippen LogP contribution in [-0.4, -0.2) is 43.9 Å². The minimum Gasteiger partial charge on any atom is -0.396 e. The first-order chi connectivity index (χ1) is 7.95. The van der Waals surface area contributed by atoms with Gasteiger partial charge in [0.25, 0.3) is 0 Å². The van der Waals surface area contributed by atoms with Gasteiger partial charge >= 0.3 is 0 Å². The molecule has 102 valence electrons. The van der Waals surface area contributed by atoms with Gasteiger partial charge in [-0.25, -0.2) is 0 Å². The minimum atomic E-state index is -0.212. The molecule has 5 heteroatoms. The number of aliphatic hydroxyl groups is 1. The number of amides is 1. The van der Waals surface area contributed by atoms with Gasteiger partial charge in [-0.3, -0.25) is 4.79 Å². The maximum atomic E-state index is 11.6. The lowest BCUT2D eigenvalue weighted by Gasteiger charge is -2.25. The number of hydrogen-bond acceptors (Lipinski definition) is 4. The summed E-state index contributed by atoms with van der Waals surface area (Å²) in [5, 5.41) is 11.6. The van der Waals surface area contributed by atoms with Crippen molar-refractivity contribution in [2.24, 2.45) is 11.1 Å². The quantitative estimate of drug-likeness (QED) is 0.545. The van der Waals surface area contributed by atoms with E-state index in [1.54, 1.807) is 7.11 Å². The molecule has 0 fully saturated rings. The van der Waals surface area contributed by atoms with Gasteiger partial charge in [0.1, 0.15) is 0 Å². The van der Waals surface area contributed by atoms with Crippen LogP contribution in [0.15, 0.2) is 0 Å². The monoisotopic (exact) mass is 246 g/mol. The number of hydrogen-bond donors (Lipinski definition) is 3. The molecule has 0 heterocycles. The highest BCUT2D eigenvalue weighted by Gasteiger charge is 2.19. The van der Waals surface area contributed by atoms with Crippen LogP contribution in [0.1, 0.15) is 33.1 Å². The number of aliphatic hydroxyl groups excluding tert-OH is 1. The number of carbonyl (C=O) groups excluding carboxylic acids is 1. The van der Waals surface area contributed by atoms with Crippen molar-refractivity contribution in [1.82, 2.24) is 5.32 Å². The van der Waals surface area contributed by atoms with E-state index in [4.69, 9.17) is 15.6 Å². The molecule has 0 spiro atoms. The maximum Gasteiger partial charge on any atom is 0.222 e. The highest BCUT2D eigenvalue weighted by Crippen LogP contribution is 2.20. The van der Waals surface area contributed by atoms with Gasteiger partial charge in [0.05, 0.1) is 12.5 Å². The lowest BCUT2D eigenvalue weighted by molar-refractivity contribution is -0.123. The molecule has 0 aromatic rings. The van der Waals surface area contributed by atoms with Crippen LogP contribution in [-0.2, 0) is 9.53 Å². The highest BCUT2D eigenvalue weighted by molar-refractivity contribution is 5.76. The van der Waals surface area contributed by atoms with Crippen molar-refractivity contribution in [1.29, 1.82) is 0 Å². The first-order valence-electron chi connectivity index (χ1n) is 6.05. The molecular formula is C12H26N2O3.